The first-order valence-electron chi connectivity index (χ1n) is 20.3. The van der Waals surface area contributed by atoms with Crippen molar-refractivity contribution in [2.45, 2.75) is 0 Å². The lowest BCUT2D eigenvalue weighted by Gasteiger charge is -2.18. The monoisotopic (exact) mass is 875 g/mol. The molecule has 20 heteroatoms. The van der Waals surface area contributed by atoms with Crippen molar-refractivity contribution in [3.63, 3.8) is 0 Å². The highest BCUT2D eigenvalue weighted by Crippen LogP contribution is 2.52. The molecule has 0 atom stereocenters. The zero-order valence-corrected chi connectivity index (χ0v) is 36.5. The van der Waals surface area contributed by atoms with Gasteiger partial charge in [-0.25, -0.2) is 15.0 Å². The summed E-state index contributed by atoms with van der Waals surface area (Å²) >= 11 is 1.11. The molecule has 0 fully saturated rings. The molecule has 2 aromatic heterocycles. The Bertz CT molecular complexity index is 3380. The molecule has 2 heterocycles. The average molecular weight is 875 g/mol. The third-order valence-electron chi connectivity index (χ3n) is 12.3. The van der Waals surface area contributed by atoms with Gasteiger partial charge in [0.15, 0.2) is 52.0 Å². The van der Waals surface area contributed by atoms with Crippen LogP contribution in [0, 0.1) is 0 Å². The Morgan fingerprint density at radius 1 is 0.308 bits per heavy atom. The van der Waals surface area contributed by atoms with E-state index in [4.69, 9.17) is 0 Å². The maximum Gasteiger partial charge on any atom is 0.171 e. The number of hydrogen-bond donors (Lipinski definition) is 10. The highest BCUT2D eigenvalue weighted by atomic mass is 32.1. The summed E-state index contributed by atoms with van der Waals surface area (Å²) in [7, 11) is 8.84. The number of benzene rings is 7. The molecule has 0 amide bonds. The lowest BCUT2D eigenvalue weighted by molar-refractivity contribution is 0.403. The normalized spacial score (nSPS) is 11.4. The zero-order chi connectivity index (χ0) is 46.5. The third kappa shape index (κ3) is 6.42. The van der Waals surface area contributed by atoms with Gasteiger partial charge in [-0.05, 0) is 77.4 Å². The topological polar surface area (TPSA) is 241 Å². The van der Waals surface area contributed by atoms with Gasteiger partial charge >= 0.3 is 0 Å². The fourth-order valence-electron chi connectivity index (χ4n) is 8.53. The van der Waals surface area contributed by atoms with E-state index in [0.29, 0.717) is 21.0 Å². The van der Waals surface area contributed by atoms with Crippen LogP contribution in [-0.4, -0.2) is 113 Å². The molecular weight excluding hydrogens is 839 g/mol. The van der Waals surface area contributed by atoms with Crippen LogP contribution in [-0.2, 0) is 0 Å². The lowest BCUT2D eigenvalue weighted by Crippen LogP contribution is -2.20. The van der Waals surface area contributed by atoms with E-state index in [2.05, 4.69) is 15.0 Å². The molecule has 9 rings (SSSR count). The summed E-state index contributed by atoms with van der Waals surface area (Å²) in [4.78, 5) is 13.7. The van der Waals surface area contributed by atoms with Gasteiger partial charge in [-0.2, -0.15) is 0 Å². The van der Waals surface area contributed by atoms with Crippen LogP contribution in [0.15, 0.2) is 78.9 Å². The predicted molar refractivity (Wildman–Crippen MR) is 271 cm³/mol. The van der Waals surface area contributed by atoms with Gasteiger partial charge in [0.05, 0.1) is 11.1 Å². The average Bonchev–Trinajstić information content (AvgIpc) is 3.70. The minimum Gasteiger partial charge on any atom is -0.509 e. The first-order chi connectivity index (χ1) is 30.9. The molecule has 13 nitrogen and oxygen atoms in total. The van der Waals surface area contributed by atoms with E-state index in [1.54, 1.807) is 21.8 Å². The molecule has 10 N–H and O–H groups in total. The summed E-state index contributed by atoms with van der Waals surface area (Å²) in [5.74, 6) is -6.59. The van der Waals surface area contributed by atoms with Gasteiger partial charge < -0.3 is 51.1 Å². The lowest BCUT2D eigenvalue weighted by atomic mass is 9.80. The molecule has 0 unspecified atom stereocenters. The van der Waals surface area contributed by atoms with E-state index in [-0.39, 0.29) is 77.1 Å². The highest BCUT2D eigenvalue weighted by molar-refractivity contribution is 7.27. The highest BCUT2D eigenvalue weighted by Gasteiger charge is 2.31. The van der Waals surface area contributed by atoms with Gasteiger partial charge in [0, 0.05) is 15.0 Å². The number of fused-ring (bicyclic) bond motifs is 3. The van der Waals surface area contributed by atoms with Crippen LogP contribution in [0.4, 0.5) is 0 Å². The SMILES string of the molecule is Bc1c(O)c(B)c(-c2nc(-c3c(O)c(B)c(O)c(B)c3O)nc(-c3c(O)c(O)c(B)c4c3sc3c(-c5cccc(-c6ccc(-c7ccccc7)cc6)c5)c(O)c(O)c(B)c34)n2)c(O)c1O. The van der Waals surface area contributed by atoms with Gasteiger partial charge in [-0.1, -0.05) is 72.8 Å². The number of aromatic nitrogens is 3. The van der Waals surface area contributed by atoms with E-state index in [1.165, 1.54) is 31.4 Å². The predicted octanol–water partition coefficient (Wildman–Crippen LogP) is -1.15. The first kappa shape index (κ1) is 42.5. The quantitative estimate of drug-likeness (QED) is 0.0540. The van der Waals surface area contributed by atoms with Crippen molar-refractivity contribution >= 4 is 111 Å². The summed E-state index contributed by atoms with van der Waals surface area (Å²) in [6.45, 7) is 0. The van der Waals surface area contributed by atoms with Crippen LogP contribution in [0.2, 0.25) is 0 Å². The number of thiophene rings is 1. The first-order valence-corrected chi connectivity index (χ1v) is 21.1. The standard InChI is InChI=1S/C45H35B6N3O10S/c46-25-20-21-26(47)39(63)35(59)24(45-53-43(22-27(48)36(60)30(51)40(64)34(22)58)52-44(54-45)23-31(55)28(49)37(61)29(50)32(23)56)42(21)65-41(20)19(33(57)38(25)62)18-8-4-7-17(13-18)16-11-9-15(10-12-16)14-5-2-1-3-6-14/h1-13,55-64H,46-51H2. The molecule has 65 heavy (non-hydrogen) atoms. The van der Waals surface area contributed by atoms with Crippen LogP contribution < -0.4 is 32.8 Å². The molecule has 314 valence electrons. The zero-order valence-electron chi connectivity index (χ0n) is 35.7. The Kier molecular flexibility index (Phi) is 10.1. The van der Waals surface area contributed by atoms with Gasteiger partial charge in [0.25, 0.3) is 0 Å². The molecular formula is C45H35B6N3O10S. The van der Waals surface area contributed by atoms with Crippen molar-refractivity contribution < 1.29 is 51.1 Å². The Labute approximate surface area is 379 Å². The van der Waals surface area contributed by atoms with Crippen molar-refractivity contribution in [3.8, 4) is 125 Å². The minimum atomic E-state index is -0.712. The summed E-state index contributed by atoms with van der Waals surface area (Å²) in [6.07, 6.45) is 0. The van der Waals surface area contributed by atoms with Crippen LogP contribution in [0.5, 0.6) is 57.5 Å². The van der Waals surface area contributed by atoms with Crippen LogP contribution in [0.3, 0.4) is 0 Å². The Hall–Kier alpha value is -7.84. The van der Waals surface area contributed by atoms with E-state index < -0.39 is 57.6 Å². The van der Waals surface area contributed by atoms with E-state index in [0.717, 1.165) is 33.6 Å². The summed E-state index contributed by atoms with van der Waals surface area (Å²) in [5.41, 5.74) is 4.31. The van der Waals surface area contributed by atoms with Crippen LogP contribution in [0.25, 0.3) is 87.7 Å². The minimum absolute atomic E-state index is 0.0259. The summed E-state index contributed by atoms with van der Waals surface area (Å²) in [5, 5.41) is 115. The molecule has 0 aliphatic carbocycles. The van der Waals surface area contributed by atoms with Crippen molar-refractivity contribution in [1.82, 2.24) is 15.0 Å². The van der Waals surface area contributed by atoms with E-state index in [9.17, 15) is 51.1 Å². The maximum absolute atomic E-state index is 12.0. The van der Waals surface area contributed by atoms with Crippen molar-refractivity contribution in [3.05, 3.63) is 78.9 Å². The molecule has 0 aliphatic heterocycles. The van der Waals surface area contributed by atoms with Gasteiger partial charge in [0.2, 0.25) is 0 Å². The van der Waals surface area contributed by atoms with Crippen molar-refractivity contribution in [2.75, 3.05) is 0 Å². The van der Waals surface area contributed by atoms with Crippen LogP contribution in [0.1, 0.15) is 0 Å². The Morgan fingerprint density at radius 3 is 1.26 bits per heavy atom. The molecule has 0 saturated carbocycles. The number of nitrogens with zero attached hydrogens (tertiary/aromatic N) is 3. The van der Waals surface area contributed by atoms with E-state index >= 15 is 0 Å². The number of aromatic hydroxyl groups is 10. The number of hydrogen-bond acceptors (Lipinski definition) is 14. The fraction of sp³-hybridized carbons (Fsp3) is 0. The smallest absolute Gasteiger partial charge is 0.171 e. The Balaban J connectivity index is 1.34. The fourth-order valence-corrected chi connectivity index (χ4v) is 10.1. The van der Waals surface area contributed by atoms with Crippen molar-refractivity contribution in [2.24, 2.45) is 0 Å². The van der Waals surface area contributed by atoms with Gasteiger partial charge in [-0.3, -0.25) is 0 Å². The number of rotatable bonds is 6. The molecule has 7 aromatic carbocycles. The second-order valence-corrected chi connectivity index (χ2v) is 17.1. The maximum atomic E-state index is 12.0. The molecule has 0 radical (unpaired) electrons. The molecule has 9 aromatic rings. The summed E-state index contributed by atoms with van der Waals surface area (Å²) < 4.78 is 0.745. The number of phenols is 10. The largest absolute Gasteiger partial charge is 0.509 e. The van der Waals surface area contributed by atoms with Gasteiger partial charge in [0.1, 0.15) is 75.6 Å². The summed E-state index contributed by atoms with van der Waals surface area (Å²) in [6, 6.07) is 25.5. The third-order valence-corrected chi connectivity index (χ3v) is 13.5. The van der Waals surface area contributed by atoms with E-state index in [1.807, 2.05) is 72.8 Å². The van der Waals surface area contributed by atoms with Gasteiger partial charge in [-0.15, -0.1) is 11.3 Å². The second kappa shape index (κ2) is 15.5. The second-order valence-electron chi connectivity index (χ2n) is 16.1. The Morgan fingerprint density at radius 2 is 0.692 bits per heavy atom. The number of phenolic OH excluding ortho intramolecular Hbond substituents is 10. The van der Waals surface area contributed by atoms with Crippen LogP contribution >= 0.6 is 11.3 Å². The molecule has 0 spiro atoms. The molecule has 0 aliphatic rings. The molecule has 0 bridgehead atoms. The molecule has 0 saturated heterocycles. The van der Waals surface area contributed by atoms with Crippen molar-refractivity contribution in [1.29, 1.82) is 0 Å².